The minimum Gasteiger partial charge on any atom is -0.493 e. The zero-order valence-electron chi connectivity index (χ0n) is 11.2. The standard InChI is InChI=1S/C15H11BrClFO3/c1-20-13-6-9(11(17)7-14(13)21-2)15(19)8-3-4-12(18)10(16)5-8/h3-7H,1-2H3. The van der Waals surface area contributed by atoms with Gasteiger partial charge in [0.05, 0.1) is 23.7 Å². The van der Waals surface area contributed by atoms with Crippen LogP contribution in [0.4, 0.5) is 4.39 Å². The van der Waals surface area contributed by atoms with Crippen molar-refractivity contribution in [2.75, 3.05) is 14.2 Å². The van der Waals surface area contributed by atoms with E-state index < -0.39 is 5.82 Å². The summed E-state index contributed by atoms with van der Waals surface area (Å²) >= 11 is 9.16. The van der Waals surface area contributed by atoms with Gasteiger partial charge in [-0.1, -0.05) is 11.6 Å². The predicted octanol–water partition coefficient (Wildman–Crippen LogP) is 4.49. The lowest BCUT2D eigenvalue weighted by Gasteiger charge is -2.11. The number of halogens is 3. The smallest absolute Gasteiger partial charge is 0.194 e. The molecule has 0 unspecified atom stereocenters. The van der Waals surface area contributed by atoms with Crippen molar-refractivity contribution < 1.29 is 18.7 Å². The highest BCUT2D eigenvalue weighted by Gasteiger charge is 2.18. The van der Waals surface area contributed by atoms with Crippen molar-refractivity contribution in [2.45, 2.75) is 0 Å². The highest BCUT2D eigenvalue weighted by molar-refractivity contribution is 9.10. The molecule has 0 bridgehead atoms. The first kappa shape index (κ1) is 15.8. The van der Waals surface area contributed by atoms with Gasteiger partial charge in [-0.25, -0.2) is 4.39 Å². The Balaban J connectivity index is 2.50. The van der Waals surface area contributed by atoms with Crippen LogP contribution in [0.3, 0.4) is 0 Å². The van der Waals surface area contributed by atoms with E-state index in [1.165, 1.54) is 44.6 Å². The fraction of sp³-hybridized carbons (Fsp3) is 0.133. The molecule has 0 aliphatic rings. The SMILES string of the molecule is COc1cc(Cl)c(C(=O)c2ccc(F)c(Br)c2)cc1OC. The number of carbonyl (C=O) groups is 1. The fourth-order valence-corrected chi connectivity index (χ4v) is 2.44. The second kappa shape index (κ2) is 6.45. The summed E-state index contributed by atoms with van der Waals surface area (Å²) in [6.45, 7) is 0. The summed E-state index contributed by atoms with van der Waals surface area (Å²) in [6, 6.07) is 7.03. The van der Waals surface area contributed by atoms with E-state index in [-0.39, 0.29) is 20.8 Å². The lowest BCUT2D eigenvalue weighted by molar-refractivity contribution is 0.103. The molecule has 110 valence electrons. The molecule has 21 heavy (non-hydrogen) atoms. The number of methoxy groups -OCH3 is 2. The molecule has 0 fully saturated rings. The number of rotatable bonds is 4. The van der Waals surface area contributed by atoms with Crippen molar-refractivity contribution in [1.82, 2.24) is 0 Å². The minimum atomic E-state index is -0.440. The Morgan fingerprint density at radius 2 is 1.76 bits per heavy atom. The second-order valence-electron chi connectivity index (χ2n) is 4.15. The highest BCUT2D eigenvalue weighted by Crippen LogP contribution is 2.34. The Labute approximate surface area is 134 Å². The summed E-state index contributed by atoms with van der Waals surface area (Å²) in [5.74, 6) is 0.0531. The summed E-state index contributed by atoms with van der Waals surface area (Å²) in [6.07, 6.45) is 0. The summed E-state index contributed by atoms with van der Waals surface area (Å²) < 4.78 is 23.7. The molecule has 2 rings (SSSR count). The van der Waals surface area contributed by atoms with Crippen molar-refractivity contribution in [1.29, 1.82) is 0 Å². The van der Waals surface area contributed by atoms with E-state index in [2.05, 4.69) is 15.9 Å². The van der Waals surface area contributed by atoms with Crippen molar-refractivity contribution in [2.24, 2.45) is 0 Å². The third-order valence-electron chi connectivity index (χ3n) is 2.90. The van der Waals surface area contributed by atoms with E-state index in [1.807, 2.05) is 0 Å². The van der Waals surface area contributed by atoms with Gasteiger partial charge in [0.2, 0.25) is 0 Å². The maximum Gasteiger partial charge on any atom is 0.194 e. The molecular formula is C15H11BrClFO3. The monoisotopic (exact) mass is 372 g/mol. The van der Waals surface area contributed by atoms with Crippen LogP contribution < -0.4 is 9.47 Å². The normalized spacial score (nSPS) is 10.3. The summed E-state index contributed by atoms with van der Waals surface area (Å²) in [5.41, 5.74) is 0.574. The molecule has 0 saturated heterocycles. The molecule has 0 aliphatic carbocycles. The molecule has 0 spiro atoms. The third kappa shape index (κ3) is 3.19. The Morgan fingerprint density at radius 3 is 2.33 bits per heavy atom. The Morgan fingerprint density at radius 1 is 1.14 bits per heavy atom. The van der Waals surface area contributed by atoms with Crippen LogP contribution in [0.15, 0.2) is 34.8 Å². The third-order valence-corrected chi connectivity index (χ3v) is 3.82. The van der Waals surface area contributed by atoms with Gasteiger partial charge in [-0.05, 0) is 40.2 Å². The molecule has 0 aromatic heterocycles. The zero-order valence-corrected chi connectivity index (χ0v) is 13.6. The number of hydrogen-bond donors (Lipinski definition) is 0. The fourth-order valence-electron chi connectivity index (χ4n) is 1.82. The molecule has 0 atom stereocenters. The van der Waals surface area contributed by atoms with Gasteiger partial charge in [-0.15, -0.1) is 0 Å². The van der Waals surface area contributed by atoms with Gasteiger partial charge in [-0.3, -0.25) is 4.79 Å². The van der Waals surface area contributed by atoms with Gasteiger partial charge in [0.25, 0.3) is 0 Å². The average Bonchev–Trinajstić information content (AvgIpc) is 2.49. The first-order valence-corrected chi connectivity index (χ1v) is 7.06. The molecule has 0 radical (unpaired) electrons. The van der Waals surface area contributed by atoms with Crippen LogP contribution in [-0.2, 0) is 0 Å². The average molecular weight is 374 g/mol. The molecule has 0 aliphatic heterocycles. The zero-order chi connectivity index (χ0) is 15.6. The summed E-state index contributed by atoms with van der Waals surface area (Å²) in [7, 11) is 2.95. The molecule has 0 N–H and O–H groups in total. The number of benzene rings is 2. The number of hydrogen-bond acceptors (Lipinski definition) is 3. The highest BCUT2D eigenvalue weighted by atomic mass is 79.9. The van der Waals surface area contributed by atoms with Gasteiger partial charge in [0, 0.05) is 17.2 Å². The van der Waals surface area contributed by atoms with E-state index >= 15 is 0 Å². The number of ketones is 1. The van der Waals surface area contributed by atoms with Crippen LogP contribution in [0, 0.1) is 5.82 Å². The minimum absolute atomic E-state index is 0.213. The first-order chi connectivity index (χ1) is 9.97. The van der Waals surface area contributed by atoms with E-state index in [4.69, 9.17) is 21.1 Å². The molecule has 6 heteroatoms. The van der Waals surface area contributed by atoms with E-state index in [0.29, 0.717) is 17.1 Å². The van der Waals surface area contributed by atoms with Crippen molar-refractivity contribution in [3.05, 3.63) is 56.8 Å². The van der Waals surface area contributed by atoms with Gasteiger partial charge < -0.3 is 9.47 Å². The molecular weight excluding hydrogens is 363 g/mol. The van der Waals surface area contributed by atoms with Crippen LogP contribution in [-0.4, -0.2) is 20.0 Å². The predicted molar refractivity (Wildman–Crippen MR) is 82.1 cm³/mol. The van der Waals surface area contributed by atoms with Gasteiger partial charge in [-0.2, -0.15) is 0 Å². The van der Waals surface area contributed by atoms with Crippen molar-refractivity contribution in [3.63, 3.8) is 0 Å². The van der Waals surface area contributed by atoms with Crippen LogP contribution >= 0.6 is 27.5 Å². The quantitative estimate of drug-likeness (QED) is 0.741. The Kier molecular flexibility index (Phi) is 4.85. The maximum atomic E-state index is 13.2. The van der Waals surface area contributed by atoms with Crippen LogP contribution in [0.2, 0.25) is 5.02 Å². The molecule has 0 amide bonds. The van der Waals surface area contributed by atoms with E-state index in [1.54, 1.807) is 0 Å². The van der Waals surface area contributed by atoms with Gasteiger partial charge >= 0.3 is 0 Å². The summed E-state index contributed by atoms with van der Waals surface area (Å²) in [4.78, 5) is 12.5. The van der Waals surface area contributed by atoms with Gasteiger partial charge in [0.1, 0.15) is 5.82 Å². The number of ether oxygens (including phenoxy) is 2. The van der Waals surface area contributed by atoms with E-state index in [9.17, 15) is 9.18 Å². The second-order valence-corrected chi connectivity index (χ2v) is 5.41. The topological polar surface area (TPSA) is 35.5 Å². The Hall–Kier alpha value is -1.59. The molecule has 2 aromatic rings. The Bertz CT molecular complexity index is 704. The molecule has 0 saturated carbocycles. The van der Waals surface area contributed by atoms with Crippen LogP contribution in [0.5, 0.6) is 11.5 Å². The number of carbonyl (C=O) groups excluding carboxylic acids is 1. The van der Waals surface area contributed by atoms with E-state index in [0.717, 1.165) is 0 Å². The maximum absolute atomic E-state index is 13.2. The summed E-state index contributed by atoms with van der Waals surface area (Å²) in [5, 5.41) is 0.234. The largest absolute Gasteiger partial charge is 0.493 e. The first-order valence-electron chi connectivity index (χ1n) is 5.89. The molecule has 0 heterocycles. The van der Waals surface area contributed by atoms with Crippen LogP contribution in [0.1, 0.15) is 15.9 Å². The van der Waals surface area contributed by atoms with Crippen molar-refractivity contribution in [3.8, 4) is 11.5 Å². The van der Waals surface area contributed by atoms with Crippen molar-refractivity contribution >= 4 is 33.3 Å². The lowest BCUT2D eigenvalue weighted by Crippen LogP contribution is -2.04. The molecule has 3 nitrogen and oxygen atoms in total. The lowest BCUT2D eigenvalue weighted by atomic mass is 10.0. The van der Waals surface area contributed by atoms with Crippen LogP contribution in [0.25, 0.3) is 0 Å². The van der Waals surface area contributed by atoms with Gasteiger partial charge in [0.15, 0.2) is 17.3 Å². The molecule has 2 aromatic carbocycles.